The van der Waals surface area contributed by atoms with Gasteiger partial charge >= 0.3 is 6.09 Å². The van der Waals surface area contributed by atoms with Gasteiger partial charge in [0.15, 0.2) is 9.84 Å². The second kappa shape index (κ2) is 7.67. The van der Waals surface area contributed by atoms with Crippen molar-refractivity contribution in [2.75, 3.05) is 6.54 Å². The summed E-state index contributed by atoms with van der Waals surface area (Å²) in [6.45, 7) is 6.83. The zero-order valence-corrected chi connectivity index (χ0v) is 18.3. The van der Waals surface area contributed by atoms with Gasteiger partial charge < -0.3 is 15.8 Å². The van der Waals surface area contributed by atoms with E-state index >= 15 is 0 Å². The second-order valence-corrected chi connectivity index (χ2v) is 10.8. The van der Waals surface area contributed by atoms with E-state index in [1.807, 2.05) is 6.92 Å². The first-order valence-corrected chi connectivity index (χ1v) is 11.2. The summed E-state index contributed by atoms with van der Waals surface area (Å²) in [7, 11) is -3.87. The number of rotatable bonds is 5. The molecule has 30 heavy (non-hydrogen) atoms. The summed E-state index contributed by atoms with van der Waals surface area (Å²) in [4.78, 5) is 12.6. The van der Waals surface area contributed by atoms with Crippen LogP contribution in [0.25, 0.3) is 0 Å². The van der Waals surface area contributed by atoms with Crippen LogP contribution >= 0.6 is 0 Å². The predicted octanol–water partition coefficient (Wildman–Crippen LogP) is 3.30. The molecule has 1 saturated carbocycles. The van der Waals surface area contributed by atoms with Gasteiger partial charge in [0.05, 0.1) is 10.4 Å². The minimum absolute atomic E-state index is 0.126. The van der Waals surface area contributed by atoms with Crippen molar-refractivity contribution in [3.05, 3.63) is 65.5 Å². The lowest BCUT2D eigenvalue weighted by Crippen LogP contribution is -2.49. The third-order valence-electron chi connectivity index (χ3n) is 5.22. The summed E-state index contributed by atoms with van der Waals surface area (Å²) >= 11 is 0. The minimum atomic E-state index is -3.87. The van der Waals surface area contributed by atoms with E-state index in [1.165, 1.54) is 30.3 Å². The summed E-state index contributed by atoms with van der Waals surface area (Å²) in [6, 6.07) is 12.2. The van der Waals surface area contributed by atoms with E-state index in [4.69, 9.17) is 10.5 Å². The molecular formula is C22H27FN2O4S. The minimum Gasteiger partial charge on any atom is -0.444 e. The summed E-state index contributed by atoms with van der Waals surface area (Å²) in [5.74, 6) is -1.20. The number of aryl methyl sites for hydroxylation is 1. The number of benzene rings is 2. The Morgan fingerprint density at radius 1 is 1.20 bits per heavy atom. The van der Waals surface area contributed by atoms with E-state index in [2.05, 4.69) is 5.32 Å². The maximum atomic E-state index is 13.9. The summed E-state index contributed by atoms with van der Waals surface area (Å²) in [6.07, 6.45) is -0.768. The molecule has 0 aliphatic heterocycles. The quantitative estimate of drug-likeness (QED) is 0.752. The third-order valence-corrected chi connectivity index (χ3v) is 7.51. The van der Waals surface area contributed by atoms with Gasteiger partial charge in [-0.3, -0.25) is 0 Å². The van der Waals surface area contributed by atoms with Crippen LogP contribution in [0.1, 0.15) is 37.8 Å². The van der Waals surface area contributed by atoms with Crippen LogP contribution < -0.4 is 11.1 Å². The van der Waals surface area contributed by atoms with E-state index in [-0.39, 0.29) is 11.4 Å². The number of carbonyl (C=O) groups excluding carboxylic acids is 1. The molecule has 0 unspecified atom stereocenters. The lowest BCUT2D eigenvalue weighted by atomic mass is 10.1. The first-order chi connectivity index (χ1) is 13.9. The Morgan fingerprint density at radius 2 is 1.83 bits per heavy atom. The van der Waals surface area contributed by atoms with E-state index in [0.29, 0.717) is 5.56 Å². The maximum Gasteiger partial charge on any atom is 0.408 e. The van der Waals surface area contributed by atoms with Crippen LogP contribution in [0.5, 0.6) is 0 Å². The number of nitrogens with one attached hydrogen (secondary N) is 1. The van der Waals surface area contributed by atoms with Gasteiger partial charge in [0.2, 0.25) is 0 Å². The summed E-state index contributed by atoms with van der Waals surface area (Å²) in [5, 5.41) is 1.64. The molecular weight excluding hydrogens is 407 g/mol. The first kappa shape index (κ1) is 22.2. The number of hydrogen-bond donors (Lipinski definition) is 2. The van der Waals surface area contributed by atoms with Gasteiger partial charge in [0.25, 0.3) is 0 Å². The Labute approximate surface area is 176 Å². The van der Waals surface area contributed by atoms with E-state index in [9.17, 15) is 17.6 Å². The van der Waals surface area contributed by atoms with Crippen LogP contribution in [-0.4, -0.2) is 37.4 Å². The highest BCUT2D eigenvalue weighted by Crippen LogP contribution is 2.57. The number of sulfone groups is 1. The zero-order chi connectivity index (χ0) is 22.3. The van der Waals surface area contributed by atoms with E-state index in [0.717, 1.165) is 5.56 Å². The van der Waals surface area contributed by atoms with Crippen molar-refractivity contribution in [1.82, 2.24) is 5.32 Å². The highest BCUT2D eigenvalue weighted by Gasteiger charge is 2.71. The molecule has 0 spiro atoms. The maximum absolute atomic E-state index is 13.9. The molecule has 0 saturated heterocycles. The number of alkyl carbamates (subject to hydrolysis) is 1. The fourth-order valence-electron chi connectivity index (χ4n) is 3.84. The van der Waals surface area contributed by atoms with Gasteiger partial charge in [-0.05, 0) is 57.5 Å². The average molecular weight is 435 g/mol. The molecule has 1 fully saturated rings. The Morgan fingerprint density at radius 3 is 2.37 bits per heavy atom. The molecule has 6 nitrogen and oxygen atoms in total. The van der Waals surface area contributed by atoms with Crippen molar-refractivity contribution < 1.29 is 22.3 Å². The standard InChI is InChI=1S/C22H27FN2O4S/c1-14-8-10-17(11-9-14)30(27,28)19-18(15-6-5-7-16(23)12-15)22(19,13-24)25-20(26)29-21(2,3)4/h5-12,18-19H,13,24H2,1-4H3,(H,25,26)/t18-,19+,22-/m0/s1. The molecule has 1 aliphatic rings. The van der Waals surface area contributed by atoms with Gasteiger partial charge in [0.1, 0.15) is 16.7 Å². The van der Waals surface area contributed by atoms with Crippen LogP contribution in [0.3, 0.4) is 0 Å². The van der Waals surface area contributed by atoms with Crippen molar-refractivity contribution in [2.24, 2.45) is 5.73 Å². The molecule has 0 aromatic heterocycles. The molecule has 3 N–H and O–H groups in total. The smallest absolute Gasteiger partial charge is 0.408 e. The third kappa shape index (κ3) is 4.20. The highest BCUT2D eigenvalue weighted by atomic mass is 32.2. The van der Waals surface area contributed by atoms with Crippen molar-refractivity contribution in [1.29, 1.82) is 0 Å². The van der Waals surface area contributed by atoms with Crippen LogP contribution in [0.2, 0.25) is 0 Å². The molecule has 3 rings (SSSR count). The van der Waals surface area contributed by atoms with Crippen LogP contribution in [0.15, 0.2) is 53.4 Å². The first-order valence-electron chi connectivity index (χ1n) is 9.68. The lowest BCUT2D eigenvalue weighted by molar-refractivity contribution is 0.0497. The summed E-state index contributed by atoms with van der Waals surface area (Å²) < 4.78 is 46.2. The number of carbonyl (C=O) groups is 1. The summed E-state index contributed by atoms with van der Waals surface area (Å²) in [5.41, 5.74) is 5.31. The van der Waals surface area contributed by atoms with Crippen LogP contribution in [0.4, 0.5) is 9.18 Å². The van der Waals surface area contributed by atoms with E-state index in [1.54, 1.807) is 39.0 Å². The number of ether oxygens (including phenoxy) is 1. The molecule has 0 heterocycles. The van der Waals surface area contributed by atoms with Gasteiger partial charge in [0, 0.05) is 12.5 Å². The Kier molecular flexibility index (Phi) is 5.68. The van der Waals surface area contributed by atoms with Gasteiger partial charge in [-0.2, -0.15) is 0 Å². The molecule has 1 amide bonds. The lowest BCUT2D eigenvalue weighted by Gasteiger charge is -2.24. The zero-order valence-electron chi connectivity index (χ0n) is 17.5. The number of nitrogens with two attached hydrogens (primary N) is 1. The number of halogens is 1. The van der Waals surface area contributed by atoms with Crippen molar-refractivity contribution >= 4 is 15.9 Å². The Bertz CT molecular complexity index is 1050. The van der Waals surface area contributed by atoms with Crippen molar-refractivity contribution in [3.8, 4) is 0 Å². The predicted molar refractivity (Wildman–Crippen MR) is 112 cm³/mol. The number of hydrogen-bond acceptors (Lipinski definition) is 5. The Balaban J connectivity index is 2.05. The van der Waals surface area contributed by atoms with E-state index < -0.39 is 44.1 Å². The molecule has 2 aromatic rings. The second-order valence-electron chi connectivity index (χ2n) is 8.68. The highest BCUT2D eigenvalue weighted by molar-refractivity contribution is 7.92. The fourth-order valence-corrected chi connectivity index (χ4v) is 6.19. The van der Waals surface area contributed by atoms with Crippen LogP contribution in [0, 0.1) is 12.7 Å². The molecule has 2 aromatic carbocycles. The monoisotopic (exact) mass is 434 g/mol. The SMILES string of the molecule is Cc1ccc(S(=O)(=O)[C@@H]2[C@H](c3cccc(F)c3)[C@]2(CN)NC(=O)OC(C)(C)C)cc1. The number of amides is 1. The fraction of sp³-hybridized carbons (Fsp3) is 0.409. The van der Waals surface area contributed by atoms with Crippen LogP contribution in [-0.2, 0) is 14.6 Å². The molecule has 3 atom stereocenters. The van der Waals surface area contributed by atoms with Crippen molar-refractivity contribution in [2.45, 2.75) is 54.9 Å². The topological polar surface area (TPSA) is 98.5 Å². The molecule has 0 radical (unpaired) electrons. The van der Waals surface area contributed by atoms with Gasteiger partial charge in [-0.15, -0.1) is 0 Å². The van der Waals surface area contributed by atoms with Gasteiger partial charge in [-0.25, -0.2) is 17.6 Å². The molecule has 1 aliphatic carbocycles. The van der Waals surface area contributed by atoms with Crippen molar-refractivity contribution in [3.63, 3.8) is 0 Å². The Hall–Kier alpha value is -2.45. The largest absolute Gasteiger partial charge is 0.444 e. The van der Waals surface area contributed by atoms with Gasteiger partial charge in [-0.1, -0.05) is 29.8 Å². The average Bonchev–Trinajstić information content (AvgIpc) is 3.30. The molecule has 0 bridgehead atoms. The normalized spacial score (nSPS) is 23.7. The molecule has 162 valence electrons. The molecule has 8 heteroatoms.